The Kier molecular flexibility index (Phi) is 5.92. The highest BCUT2D eigenvalue weighted by molar-refractivity contribution is 7.71. The van der Waals surface area contributed by atoms with E-state index in [1.165, 1.54) is 12.1 Å². The number of rotatable bonds is 5. The lowest BCUT2D eigenvalue weighted by atomic mass is 10.1. The summed E-state index contributed by atoms with van der Waals surface area (Å²) in [5, 5.41) is 5.15. The fourth-order valence-electron chi connectivity index (χ4n) is 2.85. The molecule has 3 aromatic rings. The van der Waals surface area contributed by atoms with Gasteiger partial charge < -0.3 is 4.57 Å². The summed E-state index contributed by atoms with van der Waals surface area (Å²) in [4.78, 5) is 1.92. The van der Waals surface area contributed by atoms with E-state index < -0.39 is 11.7 Å². The number of hydrogen-bond acceptors (Lipinski definition) is 3. The molecule has 0 radical (unpaired) electrons. The molecule has 4 nitrogen and oxygen atoms in total. The Bertz CT molecular complexity index is 1020. The number of benzene rings is 2. The third-order valence-corrected chi connectivity index (χ3v) is 5.08. The van der Waals surface area contributed by atoms with Gasteiger partial charge in [-0.15, -0.1) is 0 Å². The summed E-state index contributed by atoms with van der Waals surface area (Å²) in [6, 6.07) is 12.5. The molecule has 1 aromatic heterocycles. The van der Waals surface area contributed by atoms with Gasteiger partial charge in [0.05, 0.1) is 17.3 Å². The maximum atomic E-state index is 12.7. The lowest BCUT2D eigenvalue weighted by molar-refractivity contribution is -0.137. The van der Waals surface area contributed by atoms with Crippen LogP contribution in [0.3, 0.4) is 0 Å². The highest BCUT2D eigenvalue weighted by Crippen LogP contribution is 2.29. The molecule has 0 atom stereocenters. The van der Waals surface area contributed by atoms with Crippen LogP contribution >= 0.6 is 23.8 Å². The lowest BCUT2D eigenvalue weighted by Gasteiger charge is -2.17. The first-order valence-electron chi connectivity index (χ1n) is 8.40. The third kappa shape index (κ3) is 4.45. The fourth-order valence-corrected chi connectivity index (χ4v) is 3.25. The summed E-state index contributed by atoms with van der Waals surface area (Å²) < 4.78 is 42.0. The smallest absolute Gasteiger partial charge is 0.303 e. The maximum Gasteiger partial charge on any atom is 0.416 e. The van der Waals surface area contributed by atoms with Gasteiger partial charge in [0, 0.05) is 19.2 Å². The number of hydrogen-bond donors (Lipinski definition) is 0. The van der Waals surface area contributed by atoms with Crippen molar-refractivity contribution in [3.8, 4) is 11.4 Å². The molecule has 0 amide bonds. The minimum absolute atomic E-state index is 0.387. The van der Waals surface area contributed by atoms with Gasteiger partial charge in [-0.3, -0.25) is 4.90 Å². The second-order valence-corrected chi connectivity index (χ2v) is 7.27. The van der Waals surface area contributed by atoms with E-state index in [9.17, 15) is 13.2 Å². The Labute approximate surface area is 170 Å². The molecule has 9 heteroatoms. The first kappa shape index (κ1) is 20.6. The summed E-state index contributed by atoms with van der Waals surface area (Å²) in [6.07, 6.45) is -4.33. The van der Waals surface area contributed by atoms with Crippen LogP contribution in [0.15, 0.2) is 48.5 Å². The van der Waals surface area contributed by atoms with E-state index in [1.807, 2.05) is 37.2 Å². The van der Waals surface area contributed by atoms with E-state index in [0.717, 1.165) is 23.3 Å². The molecular formula is C19H18ClF3N4S. The highest BCUT2D eigenvalue weighted by Gasteiger charge is 2.29. The predicted molar refractivity (Wildman–Crippen MR) is 105 cm³/mol. The molecule has 3 rings (SSSR count). The first-order chi connectivity index (χ1) is 13.2. The summed E-state index contributed by atoms with van der Waals surface area (Å²) in [5.41, 5.74) is 0.890. The fraction of sp³-hybridized carbons (Fsp3) is 0.263. The van der Waals surface area contributed by atoms with Gasteiger partial charge in [-0.2, -0.15) is 18.3 Å². The Hall–Kier alpha value is -2.16. The summed E-state index contributed by atoms with van der Waals surface area (Å²) in [6.45, 7) is 0.843. The molecule has 0 spiro atoms. The van der Waals surface area contributed by atoms with E-state index in [0.29, 0.717) is 28.8 Å². The maximum absolute atomic E-state index is 12.7. The van der Waals surface area contributed by atoms with Crippen molar-refractivity contribution in [2.24, 2.45) is 7.05 Å². The quantitative estimate of drug-likeness (QED) is 0.512. The molecule has 2 aromatic carbocycles. The van der Waals surface area contributed by atoms with Crippen molar-refractivity contribution in [1.29, 1.82) is 0 Å². The summed E-state index contributed by atoms with van der Waals surface area (Å²) >= 11 is 11.7. The second-order valence-electron chi connectivity index (χ2n) is 6.49. The van der Waals surface area contributed by atoms with E-state index in [-0.39, 0.29) is 0 Å². The van der Waals surface area contributed by atoms with Crippen molar-refractivity contribution in [2.45, 2.75) is 19.4 Å². The standard InChI is InChI=1S/C19H18ClF3N4S/c1-25(11-13-7-9-14(10-8-13)19(21,22)23)12-27-18(28)26(2)17(24-27)15-5-3-4-6-16(15)20/h3-10H,11-12H2,1-2H3. The number of aromatic nitrogens is 3. The minimum atomic E-state index is -4.33. The minimum Gasteiger partial charge on any atom is -0.303 e. The molecule has 0 saturated carbocycles. The average Bonchev–Trinajstić information content (AvgIpc) is 2.90. The largest absolute Gasteiger partial charge is 0.416 e. The molecule has 1 heterocycles. The van der Waals surface area contributed by atoms with Crippen LogP contribution in [0.25, 0.3) is 11.4 Å². The Morgan fingerprint density at radius 3 is 2.36 bits per heavy atom. The van der Waals surface area contributed by atoms with Gasteiger partial charge in [-0.1, -0.05) is 35.9 Å². The van der Waals surface area contributed by atoms with Crippen molar-refractivity contribution in [2.75, 3.05) is 7.05 Å². The monoisotopic (exact) mass is 426 g/mol. The van der Waals surface area contributed by atoms with E-state index in [2.05, 4.69) is 5.10 Å². The van der Waals surface area contributed by atoms with Crippen molar-refractivity contribution >= 4 is 23.8 Å². The number of alkyl halides is 3. The lowest BCUT2D eigenvalue weighted by Crippen LogP contribution is -2.22. The summed E-state index contributed by atoms with van der Waals surface area (Å²) in [5.74, 6) is 0.651. The zero-order chi connectivity index (χ0) is 20.5. The molecule has 0 fully saturated rings. The van der Waals surface area contributed by atoms with Crippen LogP contribution in [-0.2, 0) is 26.4 Å². The Morgan fingerprint density at radius 1 is 1.11 bits per heavy atom. The summed E-state index contributed by atoms with van der Waals surface area (Å²) in [7, 11) is 3.67. The topological polar surface area (TPSA) is 26.0 Å². The third-order valence-electron chi connectivity index (χ3n) is 4.26. The van der Waals surface area contributed by atoms with Crippen molar-refractivity contribution in [3.63, 3.8) is 0 Å². The highest BCUT2D eigenvalue weighted by atomic mass is 35.5. The molecule has 0 saturated heterocycles. The molecule has 0 bridgehead atoms. The zero-order valence-electron chi connectivity index (χ0n) is 15.2. The van der Waals surface area contributed by atoms with Gasteiger partial charge in [0.15, 0.2) is 10.6 Å². The molecule has 0 N–H and O–H groups in total. The van der Waals surface area contributed by atoms with Gasteiger partial charge in [0.2, 0.25) is 0 Å². The Balaban J connectivity index is 1.76. The van der Waals surface area contributed by atoms with Gasteiger partial charge >= 0.3 is 6.18 Å². The molecule has 0 unspecified atom stereocenters. The normalized spacial score (nSPS) is 12.0. The van der Waals surface area contributed by atoms with Crippen LogP contribution < -0.4 is 0 Å². The molecule has 0 aliphatic carbocycles. The van der Waals surface area contributed by atoms with E-state index in [1.54, 1.807) is 15.3 Å². The SMILES string of the molecule is CN(Cc1ccc(C(F)(F)F)cc1)Cn1nc(-c2ccccc2Cl)n(C)c1=S. The first-order valence-corrected chi connectivity index (χ1v) is 9.19. The number of halogens is 4. The van der Waals surface area contributed by atoms with Crippen LogP contribution in [0, 0.1) is 4.77 Å². The van der Waals surface area contributed by atoms with E-state index in [4.69, 9.17) is 23.8 Å². The van der Waals surface area contributed by atoms with Crippen LogP contribution in [0.2, 0.25) is 5.02 Å². The van der Waals surface area contributed by atoms with Gasteiger partial charge in [-0.05, 0) is 49.1 Å². The average molecular weight is 427 g/mol. The molecule has 0 aliphatic heterocycles. The number of nitrogens with zero attached hydrogens (tertiary/aromatic N) is 4. The van der Waals surface area contributed by atoms with Gasteiger partial charge in [0.1, 0.15) is 0 Å². The van der Waals surface area contributed by atoms with Crippen molar-refractivity contribution in [1.82, 2.24) is 19.2 Å². The van der Waals surface area contributed by atoms with Crippen LogP contribution in [0.5, 0.6) is 0 Å². The van der Waals surface area contributed by atoms with Crippen LogP contribution in [0.1, 0.15) is 11.1 Å². The van der Waals surface area contributed by atoms with Gasteiger partial charge in [-0.25, -0.2) is 4.68 Å². The van der Waals surface area contributed by atoms with Crippen LogP contribution in [0.4, 0.5) is 13.2 Å². The van der Waals surface area contributed by atoms with Crippen molar-refractivity contribution in [3.05, 3.63) is 69.5 Å². The second kappa shape index (κ2) is 8.06. The zero-order valence-corrected chi connectivity index (χ0v) is 16.8. The van der Waals surface area contributed by atoms with Crippen LogP contribution in [-0.4, -0.2) is 26.3 Å². The Morgan fingerprint density at radius 2 is 1.75 bits per heavy atom. The molecule has 0 aliphatic rings. The predicted octanol–water partition coefficient (Wildman–Crippen LogP) is 5.38. The van der Waals surface area contributed by atoms with Crippen molar-refractivity contribution < 1.29 is 13.2 Å². The van der Waals surface area contributed by atoms with Gasteiger partial charge in [0.25, 0.3) is 0 Å². The van der Waals surface area contributed by atoms with E-state index >= 15 is 0 Å². The molecular weight excluding hydrogens is 409 g/mol. The molecule has 148 valence electrons. The molecule has 28 heavy (non-hydrogen) atoms.